The number of ketones is 1. The minimum Gasteiger partial charge on any atom is -0.462 e. The van der Waals surface area contributed by atoms with Gasteiger partial charge in [0.25, 0.3) is 0 Å². The minimum atomic E-state index is -0.371. The standard InChI is InChI=1S/C10H10O4S/c1-2-14-10(12)8-3-6-4-13-5-7(11)9(6)15-8/h3H,2,4-5H2,1H3. The maximum Gasteiger partial charge on any atom is 0.348 e. The van der Waals surface area contributed by atoms with Gasteiger partial charge in [-0.3, -0.25) is 4.79 Å². The van der Waals surface area contributed by atoms with E-state index in [-0.39, 0.29) is 18.4 Å². The van der Waals surface area contributed by atoms with Crippen molar-refractivity contribution >= 4 is 23.1 Å². The second-order valence-electron chi connectivity index (χ2n) is 3.10. The van der Waals surface area contributed by atoms with Crippen LogP contribution in [0, 0.1) is 0 Å². The molecule has 0 bridgehead atoms. The van der Waals surface area contributed by atoms with E-state index >= 15 is 0 Å². The van der Waals surface area contributed by atoms with Gasteiger partial charge in [0.05, 0.1) is 18.1 Å². The van der Waals surface area contributed by atoms with E-state index in [9.17, 15) is 9.59 Å². The first kappa shape index (κ1) is 10.3. The second kappa shape index (κ2) is 4.12. The highest BCUT2D eigenvalue weighted by Crippen LogP contribution is 2.27. The molecule has 5 heteroatoms. The van der Waals surface area contributed by atoms with Gasteiger partial charge in [-0.1, -0.05) is 0 Å². The summed E-state index contributed by atoms with van der Waals surface area (Å²) < 4.78 is 9.93. The molecule has 80 valence electrons. The summed E-state index contributed by atoms with van der Waals surface area (Å²) in [6.07, 6.45) is 0. The van der Waals surface area contributed by atoms with Crippen LogP contribution in [0.4, 0.5) is 0 Å². The normalized spacial score (nSPS) is 14.9. The number of hydrogen-bond donors (Lipinski definition) is 0. The van der Waals surface area contributed by atoms with Crippen molar-refractivity contribution in [1.82, 2.24) is 0 Å². The van der Waals surface area contributed by atoms with Gasteiger partial charge < -0.3 is 9.47 Å². The van der Waals surface area contributed by atoms with Gasteiger partial charge in [-0.15, -0.1) is 11.3 Å². The summed E-state index contributed by atoms with van der Waals surface area (Å²) >= 11 is 1.19. The van der Waals surface area contributed by atoms with E-state index in [1.165, 1.54) is 11.3 Å². The lowest BCUT2D eigenvalue weighted by Crippen LogP contribution is -2.15. The monoisotopic (exact) mass is 226 g/mol. The Morgan fingerprint density at radius 1 is 1.60 bits per heavy atom. The first-order chi connectivity index (χ1) is 7.22. The second-order valence-corrected chi connectivity index (χ2v) is 4.15. The van der Waals surface area contributed by atoms with E-state index in [1.54, 1.807) is 13.0 Å². The van der Waals surface area contributed by atoms with Crippen molar-refractivity contribution in [2.75, 3.05) is 13.2 Å². The Morgan fingerprint density at radius 3 is 3.07 bits per heavy atom. The van der Waals surface area contributed by atoms with E-state index in [2.05, 4.69) is 0 Å². The predicted octanol–water partition coefficient (Wildman–Crippen LogP) is 1.64. The van der Waals surface area contributed by atoms with Crippen LogP contribution in [0.15, 0.2) is 6.07 Å². The van der Waals surface area contributed by atoms with Gasteiger partial charge in [-0.2, -0.15) is 0 Å². The Bertz CT molecular complexity index is 408. The van der Waals surface area contributed by atoms with Gasteiger partial charge >= 0.3 is 5.97 Å². The lowest BCUT2D eigenvalue weighted by Gasteiger charge is -2.09. The molecule has 2 rings (SSSR count). The predicted molar refractivity (Wildman–Crippen MR) is 54.3 cm³/mol. The molecule has 0 spiro atoms. The molecule has 4 nitrogen and oxygen atoms in total. The zero-order chi connectivity index (χ0) is 10.8. The highest BCUT2D eigenvalue weighted by atomic mass is 32.1. The van der Waals surface area contributed by atoms with Crippen LogP contribution in [0.25, 0.3) is 0 Å². The average Bonchev–Trinajstić information content (AvgIpc) is 2.63. The molecule has 0 atom stereocenters. The largest absolute Gasteiger partial charge is 0.462 e. The summed E-state index contributed by atoms with van der Waals surface area (Å²) in [5.74, 6) is -0.429. The summed E-state index contributed by atoms with van der Waals surface area (Å²) in [6, 6.07) is 1.68. The molecule has 15 heavy (non-hydrogen) atoms. The van der Waals surface area contributed by atoms with Gasteiger partial charge in [0.15, 0.2) is 5.78 Å². The smallest absolute Gasteiger partial charge is 0.348 e. The average molecular weight is 226 g/mol. The molecule has 0 radical (unpaired) electrons. The number of fused-ring (bicyclic) bond motifs is 1. The molecular weight excluding hydrogens is 216 g/mol. The number of carbonyl (C=O) groups excluding carboxylic acids is 2. The fourth-order valence-corrected chi connectivity index (χ4v) is 2.38. The number of thiophene rings is 1. The van der Waals surface area contributed by atoms with Gasteiger partial charge in [-0.05, 0) is 13.0 Å². The quantitative estimate of drug-likeness (QED) is 0.719. The van der Waals surface area contributed by atoms with E-state index in [0.717, 1.165) is 5.56 Å². The fraction of sp³-hybridized carbons (Fsp3) is 0.400. The molecule has 1 aliphatic rings. The highest BCUT2D eigenvalue weighted by molar-refractivity contribution is 7.16. The first-order valence-electron chi connectivity index (χ1n) is 4.63. The number of carbonyl (C=O) groups is 2. The Morgan fingerprint density at radius 2 is 2.40 bits per heavy atom. The zero-order valence-electron chi connectivity index (χ0n) is 8.24. The molecule has 0 saturated heterocycles. The van der Waals surface area contributed by atoms with E-state index in [1.807, 2.05) is 0 Å². The van der Waals surface area contributed by atoms with Crippen LogP contribution < -0.4 is 0 Å². The number of rotatable bonds is 2. The summed E-state index contributed by atoms with van der Waals surface area (Å²) in [5.41, 5.74) is 0.791. The van der Waals surface area contributed by atoms with Crippen molar-refractivity contribution in [3.8, 4) is 0 Å². The highest BCUT2D eigenvalue weighted by Gasteiger charge is 2.23. The number of ether oxygens (including phenoxy) is 2. The third-order valence-corrected chi connectivity index (χ3v) is 3.23. The molecule has 2 heterocycles. The fourth-order valence-electron chi connectivity index (χ4n) is 1.39. The zero-order valence-corrected chi connectivity index (χ0v) is 9.06. The van der Waals surface area contributed by atoms with Crippen LogP contribution in [0.3, 0.4) is 0 Å². The molecule has 1 aromatic heterocycles. The summed E-state index contributed by atoms with van der Waals surface area (Å²) in [7, 11) is 0. The Kier molecular flexibility index (Phi) is 2.83. The number of Topliss-reactive ketones (excluding diaryl/α,β-unsaturated/α-hetero) is 1. The van der Waals surface area contributed by atoms with E-state index < -0.39 is 0 Å². The molecule has 0 amide bonds. The molecule has 0 saturated carbocycles. The Labute approximate surface area is 90.8 Å². The summed E-state index contributed by atoms with van der Waals surface area (Å²) in [5, 5.41) is 0. The van der Waals surface area contributed by atoms with Crippen LogP contribution in [-0.2, 0) is 16.1 Å². The summed E-state index contributed by atoms with van der Waals surface area (Å²) in [4.78, 5) is 23.9. The maximum atomic E-state index is 11.4. The number of esters is 1. The molecule has 0 N–H and O–H groups in total. The molecular formula is C10H10O4S. The van der Waals surface area contributed by atoms with Crippen LogP contribution >= 0.6 is 11.3 Å². The van der Waals surface area contributed by atoms with Crippen molar-refractivity contribution in [2.24, 2.45) is 0 Å². The van der Waals surface area contributed by atoms with Crippen LogP contribution in [0.5, 0.6) is 0 Å². The number of hydrogen-bond acceptors (Lipinski definition) is 5. The van der Waals surface area contributed by atoms with Gasteiger partial charge in [0.1, 0.15) is 11.5 Å². The van der Waals surface area contributed by atoms with Crippen molar-refractivity contribution in [2.45, 2.75) is 13.5 Å². The lowest BCUT2D eigenvalue weighted by atomic mass is 10.2. The molecule has 0 aromatic carbocycles. The minimum absolute atomic E-state index is 0.0585. The van der Waals surface area contributed by atoms with Crippen LogP contribution in [0.1, 0.15) is 31.8 Å². The third kappa shape index (κ3) is 1.93. The van der Waals surface area contributed by atoms with Gasteiger partial charge in [0, 0.05) is 5.56 Å². The SMILES string of the molecule is CCOC(=O)c1cc2c(s1)C(=O)COC2. The van der Waals surface area contributed by atoms with Crippen molar-refractivity contribution in [3.05, 3.63) is 21.4 Å². The topological polar surface area (TPSA) is 52.6 Å². The molecule has 0 unspecified atom stereocenters. The van der Waals surface area contributed by atoms with Crippen LogP contribution in [0.2, 0.25) is 0 Å². The Balaban J connectivity index is 2.29. The van der Waals surface area contributed by atoms with Gasteiger partial charge in [0.2, 0.25) is 0 Å². The Hall–Kier alpha value is -1.20. The van der Waals surface area contributed by atoms with Crippen molar-refractivity contribution < 1.29 is 19.1 Å². The van der Waals surface area contributed by atoms with Crippen LogP contribution in [-0.4, -0.2) is 25.0 Å². The molecule has 1 aliphatic heterocycles. The van der Waals surface area contributed by atoms with E-state index in [4.69, 9.17) is 9.47 Å². The van der Waals surface area contributed by atoms with Gasteiger partial charge in [-0.25, -0.2) is 4.79 Å². The molecule has 0 fully saturated rings. The maximum absolute atomic E-state index is 11.4. The van der Waals surface area contributed by atoms with E-state index in [0.29, 0.717) is 23.0 Å². The molecule has 1 aromatic rings. The first-order valence-corrected chi connectivity index (χ1v) is 5.44. The van der Waals surface area contributed by atoms with Crippen molar-refractivity contribution in [3.63, 3.8) is 0 Å². The molecule has 0 aliphatic carbocycles. The summed E-state index contributed by atoms with van der Waals surface area (Å²) in [6.45, 7) is 2.60. The third-order valence-electron chi connectivity index (χ3n) is 2.03. The van der Waals surface area contributed by atoms with Crippen molar-refractivity contribution in [1.29, 1.82) is 0 Å². The lowest BCUT2D eigenvalue weighted by molar-refractivity contribution is 0.0531.